The second-order valence-corrected chi connectivity index (χ2v) is 4.56. The van der Waals surface area contributed by atoms with Crippen molar-refractivity contribution in [3.8, 4) is 0 Å². The first-order valence-electron chi connectivity index (χ1n) is 4.54. The molecule has 0 heterocycles. The van der Waals surface area contributed by atoms with Crippen LogP contribution < -0.4 is 15.9 Å². The van der Waals surface area contributed by atoms with Crippen molar-refractivity contribution in [3.05, 3.63) is 50.6 Å². The van der Waals surface area contributed by atoms with Crippen LogP contribution in [0.4, 0.5) is 0 Å². The van der Waals surface area contributed by atoms with Crippen LogP contribution in [0.2, 0.25) is 0 Å². The number of nitro groups is 1. The van der Waals surface area contributed by atoms with Crippen LogP contribution in [0.1, 0.15) is 0 Å². The van der Waals surface area contributed by atoms with Gasteiger partial charge in [0.2, 0.25) is 0 Å². The number of hydrogen-bond donors (Lipinski definition) is 1. The van der Waals surface area contributed by atoms with Gasteiger partial charge in [-0.2, -0.15) is 0 Å². The van der Waals surface area contributed by atoms with Crippen molar-refractivity contribution in [3.63, 3.8) is 0 Å². The van der Waals surface area contributed by atoms with E-state index in [9.17, 15) is 25.1 Å². The van der Waals surface area contributed by atoms with Crippen molar-refractivity contribution in [2.24, 2.45) is 5.73 Å². The van der Waals surface area contributed by atoms with E-state index in [0.717, 1.165) is 0 Å². The Morgan fingerprint density at radius 1 is 1.28 bits per heavy atom. The highest BCUT2D eigenvalue weighted by atomic mass is 31.1. The minimum absolute atomic E-state index is 0.154. The van der Waals surface area contributed by atoms with Crippen LogP contribution in [0.5, 0.6) is 0 Å². The van der Waals surface area contributed by atoms with E-state index in [4.69, 9.17) is 5.73 Å². The van der Waals surface area contributed by atoms with Gasteiger partial charge in [0.25, 0.3) is 0 Å². The number of benzene rings is 1. The molecule has 10 heteroatoms. The third-order valence-electron chi connectivity index (χ3n) is 1.84. The van der Waals surface area contributed by atoms with Gasteiger partial charge in [0.05, 0.1) is 4.92 Å². The molecule has 0 bridgehead atoms. The largest absolute Gasteiger partial charge is 0.624 e. The Balaban J connectivity index is 3.23. The van der Waals surface area contributed by atoms with E-state index in [1.54, 1.807) is 6.07 Å². The molecule has 0 aliphatic heterocycles. The van der Waals surface area contributed by atoms with Crippen LogP contribution >= 0.6 is 7.77 Å². The van der Waals surface area contributed by atoms with Gasteiger partial charge >= 0.3 is 16.7 Å². The SMILES string of the molecule is NC(/C(O[N+](=O)[O-])=[P+](\[O-])c1ccccc1)[N+](=O)[O-]. The maximum atomic E-state index is 11.9. The van der Waals surface area contributed by atoms with E-state index in [-0.39, 0.29) is 5.30 Å². The maximum Gasteiger partial charge on any atom is 0.358 e. The van der Waals surface area contributed by atoms with Gasteiger partial charge in [0, 0.05) is 0 Å². The monoisotopic (exact) mass is 273 g/mol. The first-order chi connectivity index (χ1) is 8.43. The number of rotatable bonds is 5. The van der Waals surface area contributed by atoms with Gasteiger partial charge in [-0.15, -0.1) is 10.1 Å². The Labute approximate surface area is 102 Å². The Morgan fingerprint density at radius 2 is 1.83 bits per heavy atom. The van der Waals surface area contributed by atoms with Crippen LogP contribution in [-0.4, -0.2) is 21.7 Å². The zero-order valence-electron chi connectivity index (χ0n) is 8.83. The molecular formula is C8H8N3O6P. The average molecular weight is 273 g/mol. The van der Waals surface area contributed by atoms with E-state index >= 15 is 0 Å². The molecule has 0 saturated carbocycles. The third-order valence-corrected chi connectivity index (χ3v) is 3.35. The predicted octanol–water partition coefficient (Wildman–Crippen LogP) is -1.03. The summed E-state index contributed by atoms with van der Waals surface area (Å²) >= 11 is 0. The lowest BCUT2D eigenvalue weighted by Crippen LogP contribution is -2.41. The highest BCUT2D eigenvalue weighted by molar-refractivity contribution is 7.59. The van der Waals surface area contributed by atoms with E-state index < -0.39 is 29.4 Å². The van der Waals surface area contributed by atoms with Crippen molar-refractivity contribution in [2.45, 2.75) is 6.17 Å². The molecule has 18 heavy (non-hydrogen) atoms. The standard InChI is InChI=1S/C8H8N3O6P/c9-7(10(12)13)8(17-11(14)15)18(16)6-4-2-1-3-5-6/h1-5,7H,9H2. The highest BCUT2D eigenvalue weighted by Gasteiger charge is 2.33. The maximum absolute atomic E-state index is 11.9. The lowest BCUT2D eigenvalue weighted by molar-refractivity contribution is -0.726. The summed E-state index contributed by atoms with van der Waals surface area (Å²) in [5, 5.41) is 19.6. The quantitative estimate of drug-likeness (QED) is 0.312. The van der Waals surface area contributed by atoms with Gasteiger partial charge in [-0.1, -0.05) is 18.2 Å². The van der Waals surface area contributed by atoms with E-state index in [1.165, 1.54) is 24.3 Å². The minimum Gasteiger partial charge on any atom is -0.624 e. The van der Waals surface area contributed by atoms with Gasteiger partial charge < -0.3 is 4.89 Å². The van der Waals surface area contributed by atoms with Crippen molar-refractivity contribution in [2.75, 3.05) is 0 Å². The second kappa shape index (κ2) is 6.01. The Bertz CT molecular complexity index is 491. The minimum atomic E-state index is -2.61. The lowest BCUT2D eigenvalue weighted by Gasteiger charge is -2.06. The van der Waals surface area contributed by atoms with Crippen molar-refractivity contribution in [1.82, 2.24) is 0 Å². The summed E-state index contributed by atoms with van der Waals surface area (Å²) in [6, 6.07) is 7.49. The fourth-order valence-corrected chi connectivity index (χ4v) is 2.24. The first kappa shape index (κ1) is 14.0. The van der Waals surface area contributed by atoms with Crippen LogP contribution in [0.25, 0.3) is 0 Å². The van der Waals surface area contributed by atoms with Crippen molar-refractivity contribution in [1.29, 1.82) is 0 Å². The van der Waals surface area contributed by atoms with E-state index in [1.807, 2.05) is 0 Å². The molecule has 0 fully saturated rings. The summed E-state index contributed by atoms with van der Waals surface area (Å²) in [6.07, 6.45) is -2.03. The fourth-order valence-electron chi connectivity index (χ4n) is 1.07. The first-order valence-corrected chi connectivity index (χ1v) is 5.80. The number of hydrogen-bond acceptors (Lipinski definition) is 7. The molecule has 0 aliphatic carbocycles. The summed E-state index contributed by atoms with van der Waals surface area (Å²) in [4.78, 5) is 35.6. The van der Waals surface area contributed by atoms with Gasteiger partial charge in [0.1, 0.15) is 13.1 Å². The van der Waals surface area contributed by atoms with Gasteiger partial charge in [0.15, 0.2) is 0 Å². The molecule has 2 unspecified atom stereocenters. The van der Waals surface area contributed by atoms with Crippen LogP contribution in [-0.2, 0) is 4.84 Å². The number of nitrogens with two attached hydrogens (primary N) is 1. The van der Waals surface area contributed by atoms with Crippen molar-refractivity contribution < 1.29 is 19.7 Å². The van der Waals surface area contributed by atoms with E-state index in [2.05, 4.69) is 4.84 Å². The molecule has 0 aliphatic rings. The van der Waals surface area contributed by atoms with Crippen LogP contribution in [0.3, 0.4) is 0 Å². The molecule has 0 spiro atoms. The summed E-state index contributed by atoms with van der Waals surface area (Å²) in [5.41, 5.74) is 4.20. The molecule has 2 atom stereocenters. The van der Waals surface area contributed by atoms with Crippen LogP contribution in [0.15, 0.2) is 30.3 Å². The summed E-state index contributed by atoms with van der Waals surface area (Å²) in [6.45, 7) is 0. The van der Waals surface area contributed by atoms with Crippen LogP contribution in [0, 0.1) is 20.2 Å². The second-order valence-electron chi connectivity index (χ2n) is 3.01. The molecule has 0 amide bonds. The van der Waals surface area contributed by atoms with Gasteiger partial charge in [-0.25, -0.2) is 4.84 Å². The molecule has 0 radical (unpaired) electrons. The molecule has 0 saturated heterocycles. The lowest BCUT2D eigenvalue weighted by atomic mass is 10.4. The zero-order valence-corrected chi connectivity index (χ0v) is 9.73. The predicted molar refractivity (Wildman–Crippen MR) is 61.1 cm³/mol. The Hall–Kier alpha value is -2.09. The number of nitrogens with zero attached hydrogens (tertiary/aromatic N) is 2. The Morgan fingerprint density at radius 3 is 2.28 bits per heavy atom. The summed E-state index contributed by atoms with van der Waals surface area (Å²) < 4.78 is 0. The fraction of sp³-hybridized carbons (Fsp3) is 0.125. The topological polar surface area (TPSA) is 145 Å². The Kier molecular flexibility index (Phi) is 4.67. The van der Waals surface area contributed by atoms with Gasteiger partial charge in [-0.05, 0) is 12.1 Å². The molecule has 96 valence electrons. The van der Waals surface area contributed by atoms with E-state index in [0.29, 0.717) is 0 Å². The summed E-state index contributed by atoms with van der Waals surface area (Å²) in [5.74, 6) is 0. The smallest absolute Gasteiger partial charge is 0.358 e. The van der Waals surface area contributed by atoms with Gasteiger partial charge in [-0.3, -0.25) is 15.8 Å². The molecule has 1 rings (SSSR count). The normalized spacial score (nSPS) is 13.4. The molecule has 0 aromatic heterocycles. The molecule has 2 N–H and O–H groups in total. The molecular weight excluding hydrogens is 265 g/mol. The zero-order chi connectivity index (χ0) is 13.7. The van der Waals surface area contributed by atoms with Crippen molar-refractivity contribution >= 4 is 18.6 Å². The molecule has 1 aromatic carbocycles. The highest BCUT2D eigenvalue weighted by Crippen LogP contribution is 2.16. The third kappa shape index (κ3) is 3.45. The molecule has 1 aromatic rings. The molecule has 9 nitrogen and oxygen atoms in total. The average Bonchev–Trinajstić information content (AvgIpc) is 2.35. The summed E-state index contributed by atoms with van der Waals surface area (Å²) in [7, 11) is -2.61.